The van der Waals surface area contributed by atoms with E-state index in [0.29, 0.717) is 33.5 Å². The zero-order valence-corrected chi connectivity index (χ0v) is 13.1. The standard InChI is InChI=1S/C15H11ClN6O/c1-8-13-21-20-11-3-4-12(23-2)19-15(11)22(13)14(18-8)9-5-6-17-7-10(9)16/h3-7H,1-2H3. The number of methoxy groups -OCH3 is 1. The molecule has 8 heteroatoms. The van der Waals surface area contributed by atoms with Crippen LogP contribution in [0.25, 0.3) is 28.2 Å². The van der Waals surface area contributed by atoms with Crippen molar-refractivity contribution in [1.82, 2.24) is 29.5 Å². The van der Waals surface area contributed by atoms with Crippen LogP contribution in [0, 0.1) is 6.92 Å². The van der Waals surface area contributed by atoms with Crippen molar-refractivity contribution in [2.24, 2.45) is 0 Å². The molecule has 0 atom stereocenters. The lowest BCUT2D eigenvalue weighted by atomic mass is 10.2. The summed E-state index contributed by atoms with van der Waals surface area (Å²) >= 11 is 6.28. The molecule has 0 aliphatic heterocycles. The molecule has 0 unspecified atom stereocenters. The average Bonchev–Trinajstić information content (AvgIpc) is 2.92. The molecule has 0 spiro atoms. The Hall–Kier alpha value is -2.80. The molecule has 4 heterocycles. The molecule has 4 rings (SSSR count). The minimum absolute atomic E-state index is 0.491. The summed E-state index contributed by atoms with van der Waals surface area (Å²) < 4.78 is 7.05. The van der Waals surface area contributed by atoms with Crippen LogP contribution < -0.4 is 4.74 Å². The van der Waals surface area contributed by atoms with E-state index in [-0.39, 0.29) is 0 Å². The SMILES string of the molecule is COc1ccc2nnc3c(C)nc(-c4ccncc4Cl)n3c2n1. The van der Waals surface area contributed by atoms with Crippen LogP contribution in [-0.4, -0.2) is 36.7 Å². The van der Waals surface area contributed by atoms with Crippen LogP contribution in [-0.2, 0) is 0 Å². The van der Waals surface area contributed by atoms with Gasteiger partial charge in [-0.15, -0.1) is 10.2 Å². The third-order valence-corrected chi connectivity index (χ3v) is 3.84. The summed E-state index contributed by atoms with van der Waals surface area (Å²) in [7, 11) is 1.57. The third kappa shape index (κ3) is 2.08. The Labute approximate surface area is 136 Å². The molecule has 4 aromatic rings. The lowest BCUT2D eigenvalue weighted by Gasteiger charge is -2.06. The van der Waals surface area contributed by atoms with Crippen LogP contribution in [0.3, 0.4) is 0 Å². The van der Waals surface area contributed by atoms with Gasteiger partial charge in [-0.3, -0.25) is 9.38 Å². The topological polar surface area (TPSA) is 78.1 Å². The van der Waals surface area contributed by atoms with Crippen LogP contribution >= 0.6 is 11.6 Å². The van der Waals surface area contributed by atoms with Gasteiger partial charge in [-0.05, 0) is 19.1 Å². The Kier molecular flexibility index (Phi) is 3.09. The smallest absolute Gasteiger partial charge is 0.215 e. The van der Waals surface area contributed by atoms with E-state index in [2.05, 4.69) is 25.1 Å². The van der Waals surface area contributed by atoms with Crippen LogP contribution in [0.4, 0.5) is 0 Å². The number of aromatic nitrogens is 6. The van der Waals surface area contributed by atoms with Crippen LogP contribution in [0.5, 0.6) is 5.88 Å². The fourth-order valence-corrected chi connectivity index (χ4v) is 2.66. The molecule has 114 valence electrons. The van der Waals surface area contributed by atoms with E-state index in [1.165, 1.54) is 0 Å². The molecule has 7 nitrogen and oxygen atoms in total. The molecular weight excluding hydrogens is 316 g/mol. The molecule has 0 saturated heterocycles. The van der Waals surface area contributed by atoms with Crippen molar-refractivity contribution in [3.05, 3.63) is 41.3 Å². The first-order valence-corrected chi connectivity index (χ1v) is 7.23. The van der Waals surface area contributed by atoms with E-state index < -0.39 is 0 Å². The monoisotopic (exact) mass is 326 g/mol. The quantitative estimate of drug-likeness (QED) is 0.563. The zero-order chi connectivity index (χ0) is 16.0. The highest BCUT2D eigenvalue weighted by Crippen LogP contribution is 2.29. The Morgan fingerprint density at radius 2 is 1.96 bits per heavy atom. The van der Waals surface area contributed by atoms with E-state index in [0.717, 1.165) is 11.3 Å². The second kappa shape index (κ2) is 5.13. The van der Waals surface area contributed by atoms with Crippen molar-refractivity contribution in [3.8, 4) is 17.3 Å². The molecule has 0 N–H and O–H groups in total. The second-order valence-corrected chi connectivity index (χ2v) is 5.34. The van der Waals surface area contributed by atoms with Crippen LogP contribution in [0.1, 0.15) is 5.69 Å². The summed E-state index contributed by atoms with van der Waals surface area (Å²) in [5.41, 5.74) is 3.37. The lowest BCUT2D eigenvalue weighted by molar-refractivity contribution is 0.399. The molecule has 0 saturated carbocycles. The summed E-state index contributed by atoms with van der Waals surface area (Å²) in [5.74, 6) is 1.13. The van der Waals surface area contributed by atoms with Gasteiger partial charge in [0, 0.05) is 24.0 Å². The van der Waals surface area contributed by atoms with Crippen molar-refractivity contribution in [2.45, 2.75) is 6.92 Å². The van der Waals surface area contributed by atoms with Gasteiger partial charge in [0.1, 0.15) is 11.3 Å². The molecule has 0 fully saturated rings. The highest BCUT2D eigenvalue weighted by Gasteiger charge is 2.17. The summed E-state index contributed by atoms with van der Waals surface area (Å²) in [5, 5.41) is 8.96. The van der Waals surface area contributed by atoms with Gasteiger partial charge >= 0.3 is 0 Å². The number of rotatable bonds is 2. The first kappa shape index (κ1) is 13.8. The second-order valence-electron chi connectivity index (χ2n) is 4.93. The number of pyridine rings is 2. The number of halogens is 1. The van der Waals surface area contributed by atoms with E-state index in [4.69, 9.17) is 16.3 Å². The zero-order valence-electron chi connectivity index (χ0n) is 12.4. The number of hydrogen-bond donors (Lipinski definition) is 0. The molecule has 0 aliphatic carbocycles. The van der Waals surface area contributed by atoms with Crippen molar-refractivity contribution in [1.29, 1.82) is 0 Å². The molecular formula is C15H11ClN6O. The Morgan fingerprint density at radius 3 is 2.74 bits per heavy atom. The summed E-state index contributed by atoms with van der Waals surface area (Å²) in [4.78, 5) is 13.1. The Morgan fingerprint density at radius 1 is 1.09 bits per heavy atom. The molecule has 23 heavy (non-hydrogen) atoms. The number of hydrogen-bond acceptors (Lipinski definition) is 6. The maximum atomic E-state index is 6.28. The van der Waals surface area contributed by atoms with E-state index in [9.17, 15) is 0 Å². The highest BCUT2D eigenvalue weighted by molar-refractivity contribution is 6.33. The molecule has 0 aliphatic rings. The summed E-state index contributed by atoms with van der Waals surface area (Å²) in [6, 6.07) is 5.36. The first-order valence-electron chi connectivity index (χ1n) is 6.85. The molecule has 0 aromatic carbocycles. The summed E-state index contributed by atoms with van der Waals surface area (Å²) in [6.07, 6.45) is 3.25. The third-order valence-electron chi connectivity index (χ3n) is 3.54. The Balaban J connectivity index is 2.16. The normalized spacial score (nSPS) is 11.3. The highest BCUT2D eigenvalue weighted by atomic mass is 35.5. The fraction of sp³-hybridized carbons (Fsp3) is 0.133. The van der Waals surface area contributed by atoms with Gasteiger partial charge in [-0.1, -0.05) is 11.6 Å². The molecule has 0 amide bonds. The molecule has 4 aromatic heterocycles. The van der Waals surface area contributed by atoms with E-state index >= 15 is 0 Å². The van der Waals surface area contributed by atoms with Crippen molar-refractivity contribution in [3.63, 3.8) is 0 Å². The number of fused-ring (bicyclic) bond motifs is 3. The van der Waals surface area contributed by atoms with Gasteiger partial charge in [-0.2, -0.15) is 4.98 Å². The summed E-state index contributed by atoms with van der Waals surface area (Å²) in [6.45, 7) is 1.87. The van der Waals surface area contributed by atoms with Crippen molar-refractivity contribution in [2.75, 3.05) is 7.11 Å². The largest absolute Gasteiger partial charge is 0.481 e. The Bertz CT molecular complexity index is 1040. The molecule has 0 bridgehead atoms. The number of aryl methyl sites for hydroxylation is 1. The van der Waals surface area contributed by atoms with Gasteiger partial charge in [-0.25, -0.2) is 4.98 Å². The van der Waals surface area contributed by atoms with Crippen LogP contribution in [0.2, 0.25) is 5.02 Å². The minimum Gasteiger partial charge on any atom is -0.481 e. The predicted octanol–water partition coefficient (Wildman–Crippen LogP) is 2.70. The van der Waals surface area contributed by atoms with Gasteiger partial charge in [0.2, 0.25) is 5.88 Å². The van der Waals surface area contributed by atoms with E-state index in [1.54, 1.807) is 31.6 Å². The van der Waals surface area contributed by atoms with Crippen molar-refractivity contribution >= 4 is 28.4 Å². The predicted molar refractivity (Wildman–Crippen MR) is 85.6 cm³/mol. The average molecular weight is 327 g/mol. The fourth-order valence-electron chi connectivity index (χ4n) is 2.46. The van der Waals surface area contributed by atoms with Crippen molar-refractivity contribution < 1.29 is 4.74 Å². The maximum Gasteiger partial charge on any atom is 0.215 e. The van der Waals surface area contributed by atoms with Gasteiger partial charge in [0.15, 0.2) is 11.3 Å². The van der Waals surface area contributed by atoms with Gasteiger partial charge in [0.05, 0.1) is 17.8 Å². The van der Waals surface area contributed by atoms with Crippen LogP contribution in [0.15, 0.2) is 30.6 Å². The lowest BCUT2D eigenvalue weighted by Crippen LogP contribution is -2.00. The molecule has 0 radical (unpaired) electrons. The van der Waals surface area contributed by atoms with Gasteiger partial charge < -0.3 is 4.74 Å². The number of imidazole rings is 1. The van der Waals surface area contributed by atoms with Gasteiger partial charge in [0.25, 0.3) is 0 Å². The number of ether oxygens (including phenoxy) is 1. The first-order chi connectivity index (χ1) is 11.2. The van der Waals surface area contributed by atoms with E-state index in [1.807, 2.05) is 17.4 Å². The maximum absolute atomic E-state index is 6.28. The number of nitrogens with zero attached hydrogens (tertiary/aromatic N) is 6. The minimum atomic E-state index is 0.491.